The van der Waals surface area contributed by atoms with Gasteiger partial charge in [-0.15, -0.1) is 10.2 Å². The zero-order chi connectivity index (χ0) is 24.7. The molecule has 2 aromatic carbocycles. The highest BCUT2D eigenvalue weighted by molar-refractivity contribution is 5.94. The quantitative estimate of drug-likeness (QED) is 0.297. The van der Waals surface area contributed by atoms with Gasteiger partial charge in [-0.25, -0.2) is 14.8 Å². The topological polar surface area (TPSA) is 115 Å². The van der Waals surface area contributed by atoms with E-state index in [4.69, 9.17) is 0 Å². The summed E-state index contributed by atoms with van der Waals surface area (Å²) in [5.74, 6) is 1.52. The predicted octanol–water partition coefficient (Wildman–Crippen LogP) is 4.34. The fourth-order valence-corrected chi connectivity index (χ4v) is 4.04. The van der Waals surface area contributed by atoms with Crippen LogP contribution in [0.25, 0.3) is 22.6 Å². The summed E-state index contributed by atoms with van der Waals surface area (Å²) in [6, 6.07) is 21.8. The van der Waals surface area contributed by atoms with E-state index in [1.807, 2.05) is 59.3 Å². The molecule has 0 aliphatic rings. The SMILES string of the molecule is CCCCn1nc(C(=O)Cc2ccccc2)nc1Cc1ccc(-c2cccnc2-c2nnn[nH]2)cc1. The minimum absolute atomic E-state index is 0.0703. The molecule has 0 saturated heterocycles. The highest BCUT2D eigenvalue weighted by Crippen LogP contribution is 2.28. The largest absolute Gasteiger partial charge is 0.290 e. The Labute approximate surface area is 208 Å². The number of aromatic amines is 1. The first-order valence-electron chi connectivity index (χ1n) is 12.0. The summed E-state index contributed by atoms with van der Waals surface area (Å²) in [5.41, 5.74) is 4.67. The van der Waals surface area contributed by atoms with Crippen LogP contribution < -0.4 is 0 Å². The summed E-state index contributed by atoms with van der Waals surface area (Å²) in [6.07, 6.45) is 4.61. The van der Waals surface area contributed by atoms with Crippen molar-refractivity contribution in [3.05, 3.63) is 95.7 Å². The highest BCUT2D eigenvalue weighted by atomic mass is 16.1. The third-order valence-electron chi connectivity index (χ3n) is 5.93. The Morgan fingerprint density at radius 2 is 1.81 bits per heavy atom. The van der Waals surface area contributed by atoms with E-state index in [0.29, 0.717) is 24.4 Å². The second kappa shape index (κ2) is 10.8. The van der Waals surface area contributed by atoms with E-state index < -0.39 is 0 Å². The summed E-state index contributed by atoms with van der Waals surface area (Å²) in [4.78, 5) is 22.0. The van der Waals surface area contributed by atoms with Crippen molar-refractivity contribution in [2.45, 2.75) is 39.2 Å². The Balaban J connectivity index is 1.37. The first-order valence-corrected chi connectivity index (χ1v) is 12.0. The Hall–Kier alpha value is -4.53. The van der Waals surface area contributed by atoms with E-state index in [0.717, 1.165) is 47.5 Å². The lowest BCUT2D eigenvalue weighted by Crippen LogP contribution is -2.08. The average molecular weight is 479 g/mol. The molecule has 0 spiro atoms. The van der Waals surface area contributed by atoms with Crippen molar-refractivity contribution >= 4 is 5.78 Å². The van der Waals surface area contributed by atoms with Crippen LogP contribution in [-0.2, 0) is 19.4 Å². The van der Waals surface area contributed by atoms with E-state index in [2.05, 4.69) is 54.7 Å². The number of carbonyl (C=O) groups is 1. The maximum Gasteiger partial charge on any atom is 0.217 e. The van der Waals surface area contributed by atoms with Crippen molar-refractivity contribution < 1.29 is 4.79 Å². The monoisotopic (exact) mass is 478 g/mol. The Morgan fingerprint density at radius 1 is 0.972 bits per heavy atom. The zero-order valence-electron chi connectivity index (χ0n) is 20.0. The number of benzene rings is 2. The van der Waals surface area contributed by atoms with Gasteiger partial charge in [0.2, 0.25) is 11.6 Å². The molecule has 0 radical (unpaired) electrons. The molecule has 0 saturated carbocycles. The van der Waals surface area contributed by atoms with Gasteiger partial charge in [-0.1, -0.05) is 74.0 Å². The summed E-state index contributed by atoms with van der Waals surface area (Å²) >= 11 is 0. The van der Waals surface area contributed by atoms with Crippen LogP contribution in [0, 0.1) is 0 Å². The van der Waals surface area contributed by atoms with Crippen LogP contribution in [0.5, 0.6) is 0 Å². The molecule has 5 aromatic rings. The van der Waals surface area contributed by atoms with Crippen molar-refractivity contribution in [1.82, 2.24) is 40.4 Å². The maximum atomic E-state index is 12.9. The molecule has 5 rings (SSSR count). The molecular weight excluding hydrogens is 452 g/mol. The van der Waals surface area contributed by atoms with Gasteiger partial charge >= 0.3 is 0 Å². The molecule has 0 bridgehead atoms. The first kappa shape index (κ1) is 23.2. The molecule has 0 fully saturated rings. The number of unbranched alkanes of at least 4 members (excludes halogenated alkanes) is 1. The molecule has 9 heteroatoms. The van der Waals surface area contributed by atoms with E-state index in [1.54, 1.807) is 6.20 Å². The Kier molecular flexibility index (Phi) is 6.98. The van der Waals surface area contributed by atoms with Crippen LogP contribution in [0.1, 0.15) is 47.3 Å². The molecule has 0 atom stereocenters. The maximum absolute atomic E-state index is 12.9. The van der Waals surface area contributed by atoms with E-state index in [-0.39, 0.29) is 11.6 Å². The lowest BCUT2D eigenvalue weighted by Gasteiger charge is -2.08. The number of tetrazole rings is 1. The molecule has 3 heterocycles. The van der Waals surface area contributed by atoms with Gasteiger partial charge in [-0.3, -0.25) is 9.78 Å². The molecule has 0 aliphatic carbocycles. The van der Waals surface area contributed by atoms with Crippen LogP contribution in [0.3, 0.4) is 0 Å². The van der Waals surface area contributed by atoms with E-state index in [9.17, 15) is 4.79 Å². The molecular formula is C27H26N8O. The van der Waals surface area contributed by atoms with Crippen LogP contribution in [-0.4, -0.2) is 46.2 Å². The third-order valence-corrected chi connectivity index (χ3v) is 5.93. The Morgan fingerprint density at radius 3 is 2.56 bits per heavy atom. The smallest absolute Gasteiger partial charge is 0.217 e. The van der Waals surface area contributed by atoms with Crippen molar-refractivity contribution in [3.63, 3.8) is 0 Å². The number of Topliss-reactive ketones (excluding diaryl/α,β-unsaturated/α-hetero) is 1. The van der Waals surface area contributed by atoms with Gasteiger partial charge in [0.25, 0.3) is 0 Å². The number of hydrogen-bond acceptors (Lipinski definition) is 7. The number of rotatable bonds is 10. The van der Waals surface area contributed by atoms with Gasteiger partial charge in [0.05, 0.1) is 0 Å². The molecule has 0 amide bonds. The van der Waals surface area contributed by atoms with Crippen molar-refractivity contribution in [2.75, 3.05) is 0 Å². The number of aryl methyl sites for hydroxylation is 1. The summed E-state index contributed by atoms with van der Waals surface area (Å²) in [5, 5.41) is 18.7. The molecule has 0 aliphatic heterocycles. The fraction of sp³-hybridized carbons (Fsp3) is 0.222. The first-order chi connectivity index (χ1) is 17.7. The minimum atomic E-state index is -0.0703. The number of carbonyl (C=O) groups excluding carboxylic acids is 1. The molecule has 180 valence electrons. The van der Waals surface area contributed by atoms with Gasteiger partial charge in [0, 0.05) is 31.1 Å². The van der Waals surface area contributed by atoms with E-state index >= 15 is 0 Å². The lowest BCUT2D eigenvalue weighted by atomic mass is 10.0. The second-order valence-electron chi connectivity index (χ2n) is 8.54. The van der Waals surface area contributed by atoms with Crippen LogP contribution in [0.2, 0.25) is 0 Å². The number of nitrogens with zero attached hydrogens (tertiary/aromatic N) is 7. The molecule has 36 heavy (non-hydrogen) atoms. The standard InChI is InChI=1S/C27H26N8O/c1-2-3-16-35-24(29-26(32-35)23(36)17-19-8-5-4-6-9-19)18-20-11-13-21(14-12-20)22-10-7-15-28-25(22)27-30-33-34-31-27/h4-15H,2-3,16-18H2,1H3,(H,30,31,33,34). The number of pyridine rings is 1. The van der Waals surface area contributed by atoms with Crippen LogP contribution >= 0.6 is 0 Å². The summed E-state index contributed by atoms with van der Waals surface area (Å²) in [7, 11) is 0. The highest BCUT2D eigenvalue weighted by Gasteiger charge is 2.17. The second-order valence-corrected chi connectivity index (χ2v) is 8.54. The van der Waals surface area contributed by atoms with Gasteiger partial charge in [0.15, 0.2) is 5.82 Å². The normalized spacial score (nSPS) is 11.0. The number of hydrogen-bond donors (Lipinski definition) is 1. The van der Waals surface area contributed by atoms with E-state index in [1.165, 1.54) is 0 Å². The summed E-state index contributed by atoms with van der Waals surface area (Å²) < 4.78 is 1.88. The lowest BCUT2D eigenvalue weighted by molar-refractivity contribution is 0.0982. The average Bonchev–Trinajstić information content (AvgIpc) is 3.59. The molecule has 0 unspecified atom stereocenters. The number of aromatic nitrogens is 8. The predicted molar refractivity (Wildman–Crippen MR) is 135 cm³/mol. The number of H-pyrrole nitrogens is 1. The molecule has 1 N–H and O–H groups in total. The van der Waals surface area contributed by atoms with Crippen molar-refractivity contribution in [1.29, 1.82) is 0 Å². The van der Waals surface area contributed by atoms with Gasteiger partial charge in [0.1, 0.15) is 11.5 Å². The molecule has 3 aromatic heterocycles. The van der Waals surface area contributed by atoms with Gasteiger partial charge < -0.3 is 0 Å². The number of ketones is 1. The zero-order valence-corrected chi connectivity index (χ0v) is 20.0. The van der Waals surface area contributed by atoms with Crippen molar-refractivity contribution in [3.8, 4) is 22.6 Å². The fourth-order valence-electron chi connectivity index (χ4n) is 4.04. The minimum Gasteiger partial charge on any atom is -0.290 e. The molecule has 9 nitrogen and oxygen atoms in total. The summed E-state index contributed by atoms with van der Waals surface area (Å²) in [6.45, 7) is 2.87. The Bertz CT molecular complexity index is 1430. The number of nitrogens with one attached hydrogen (secondary N) is 1. The van der Waals surface area contributed by atoms with Gasteiger partial charge in [-0.2, -0.15) is 0 Å². The van der Waals surface area contributed by atoms with Gasteiger partial charge in [-0.05, 0) is 39.6 Å². The van der Waals surface area contributed by atoms with Crippen molar-refractivity contribution in [2.24, 2.45) is 0 Å². The van der Waals surface area contributed by atoms with Crippen LogP contribution in [0.4, 0.5) is 0 Å². The third kappa shape index (κ3) is 5.25. The van der Waals surface area contributed by atoms with Crippen LogP contribution in [0.15, 0.2) is 72.9 Å².